The molecule has 0 aliphatic rings. The SMILES string of the molecule is CC(C(=O)O)c1c([N+](=O)[O-])cc(Br)c(O)c1Br. The molecule has 0 radical (unpaired) electrons. The summed E-state index contributed by atoms with van der Waals surface area (Å²) >= 11 is 5.92. The van der Waals surface area contributed by atoms with E-state index in [-0.39, 0.29) is 25.9 Å². The quantitative estimate of drug-likeness (QED) is 0.630. The molecule has 1 rings (SSSR count). The summed E-state index contributed by atoms with van der Waals surface area (Å²) in [6.07, 6.45) is 0. The highest BCUT2D eigenvalue weighted by molar-refractivity contribution is 9.11. The van der Waals surface area contributed by atoms with Gasteiger partial charge in [-0.3, -0.25) is 14.9 Å². The van der Waals surface area contributed by atoms with Gasteiger partial charge < -0.3 is 10.2 Å². The first-order valence-corrected chi connectivity index (χ1v) is 5.94. The molecule has 0 saturated carbocycles. The Morgan fingerprint density at radius 2 is 2.06 bits per heavy atom. The lowest BCUT2D eigenvalue weighted by atomic mass is 9.99. The van der Waals surface area contributed by atoms with Crippen molar-refractivity contribution in [1.29, 1.82) is 0 Å². The summed E-state index contributed by atoms with van der Waals surface area (Å²) in [5.74, 6) is -2.59. The van der Waals surface area contributed by atoms with Gasteiger partial charge in [-0.2, -0.15) is 0 Å². The summed E-state index contributed by atoms with van der Waals surface area (Å²) in [4.78, 5) is 21.0. The molecular weight excluding hydrogens is 362 g/mol. The number of nitro benzene ring substituents is 1. The fourth-order valence-electron chi connectivity index (χ4n) is 1.30. The molecule has 0 saturated heterocycles. The number of halogens is 2. The first kappa shape index (κ1) is 13.9. The van der Waals surface area contributed by atoms with E-state index in [9.17, 15) is 20.0 Å². The maximum Gasteiger partial charge on any atom is 0.311 e. The van der Waals surface area contributed by atoms with E-state index in [0.717, 1.165) is 6.07 Å². The zero-order chi connectivity index (χ0) is 13.3. The van der Waals surface area contributed by atoms with Crippen molar-refractivity contribution < 1.29 is 19.9 Å². The molecule has 0 aliphatic carbocycles. The van der Waals surface area contributed by atoms with Gasteiger partial charge >= 0.3 is 5.97 Å². The van der Waals surface area contributed by atoms with Crippen LogP contribution >= 0.6 is 31.9 Å². The number of rotatable bonds is 3. The van der Waals surface area contributed by atoms with E-state index in [4.69, 9.17) is 5.11 Å². The maximum atomic E-state index is 10.9. The monoisotopic (exact) mass is 367 g/mol. The minimum Gasteiger partial charge on any atom is -0.506 e. The molecule has 0 amide bonds. The fraction of sp³-hybridized carbons (Fsp3) is 0.222. The standard InChI is InChI=1S/C9H7Br2NO5/c1-3(9(14)15)6-5(12(16)17)2-4(10)8(13)7(6)11/h2-3,13H,1H3,(H,14,15). The Morgan fingerprint density at radius 1 is 1.53 bits per heavy atom. The highest BCUT2D eigenvalue weighted by atomic mass is 79.9. The van der Waals surface area contributed by atoms with Gasteiger partial charge in [0.1, 0.15) is 5.75 Å². The van der Waals surface area contributed by atoms with Gasteiger partial charge in [0.2, 0.25) is 0 Å². The van der Waals surface area contributed by atoms with Gasteiger partial charge in [0, 0.05) is 6.07 Å². The number of carboxylic acids is 1. The topological polar surface area (TPSA) is 101 Å². The van der Waals surface area contributed by atoms with E-state index < -0.39 is 16.8 Å². The average molecular weight is 369 g/mol. The van der Waals surface area contributed by atoms with E-state index in [1.165, 1.54) is 6.92 Å². The summed E-state index contributed by atoms with van der Waals surface area (Å²) in [6.45, 7) is 1.31. The normalized spacial score (nSPS) is 12.2. The second-order valence-electron chi connectivity index (χ2n) is 3.27. The number of nitrogens with zero attached hydrogens (tertiary/aromatic N) is 1. The first-order chi connectivity index (χ1) is 7.77. The van der Waals surface area contributed by atoms with Crippen molar-refractivity contribution in [2.24, 2.45) is 0 Å². The van der Waals surface area contributed by atoms with Crippen LogP contribution in [0.2, 0.25) is 0 Å². The molecule has 0 aromatic heterocycles. The van der Waals surface area contributed by atoms with E-state index in [2.05, 4.69) is 31.9 Å². The highest BCUT2D eigenvalue weighted by Crippen LogP contribution is 2.43. The number of hydrogen-bond donors (Lipinski definition) is 2. The highest BCUT2D eigenvalue weighted by Gasteiger charge is 2.29. The van der Waals surface area contributed by atoms with Crippen LogP contribution in [0.25, 0.3) is 0 Å². The van der Waals surface area contributed by atoms with Gasteiger partial charge in [0.05, 0.1) is 25.4 Å². The first-order valence-electron chi connectivity index (χ1n) is 4.35. The molecule has 0 heterocycles. The number of aromatic hydroxyl groups is 1. The van der Waals surface area contributed by atoms with E-state index in [0.29, 0.717) is 0 Å². The van der Waals surface area contributed by atoms with Crippen LogP contribution in [0, 0.1) is 10.1 Å². The van der Waals surface area contributed by atoms with Crippen molar-refractivity contribution in [3.63, 3.8) is 0 Å². The maximum absolute atomic E-state index is 10.9. The Hall–Kier alpha value is -1.15. The van der Waals surface area contributed by atoms with E-state index in [1.54, 1.807) is 0 Å². The van der Waals surface area contributed by atoms with Crippen molar-refractivity contribution >= 4 is 43.5 Å². The summed E-state index contributed by atoms with van der Waals surface area (Å²) in [5, 5.41) is 29.4. The molecule has 8 heteroatoms. The molecule has 6 nitrogen and oxygen atoms in total. The molecule has 1 unspecified atom stereocenters. The van der Waals surface area contributed by atoms with Crippen LogP contribution in [0.5, 0.6) is 5.75 Å². The van der Waals surface area contributed by atoms with Gasteiger partial charge in [-0.05, 0) is 38.8 Å². The molecule has 1 atom stereocenters. The van der Waals surface area contributed by atoms with Crippen molar-refractivity contribution in [2.45, 2.75) is 12.8 Å². The third-order valence-electron chi connectivity index (χ3n) is 2.21. The molecular formula is C9H7Br2NO5. The van der Waals surface area contributed by atoms with E-state index in [1.807, 2.05) is 0 Å². The second kappa shape index (κ2) is 5.01. The second-order valence-corrected chi connectivity index (χ2v) is 4.92. The third kappa shape index (κ3) is 2.58. The minimum atomic E-state index is -1.21. The van der Waals surface area contributed by atoms with Gasteiger partial charge in [-0.15, -0.1) is 0 Å². The lowest BCUT2D eigenvalue weighted by molar-refractivity contribution is -0.385. The molecule has 1 aromatic rings. The number of carboxylic acid groups (broad SMARTS) is 1. The zero-order valence-corrected chi connectivity index (χ0v) is 11.6. The summed E-state index contributed by atoms with van der Waals surface area (Å²) in [5.41, 5.74) is -0.431. The number of phenolic OH excluding ortho intramolecular Hbond substituents is 1. The predicted molar refractivity (Wildman–Crippen MR) is 66.2 cm³/mol. The lowest BCUT2D eigenvalue weighted by Crippen LogP contribution is -2.11. The molecule has 0 aliphatic heterocycles. The largest absolute Gasteiger partial charge is 0.506 e. The van der Waals surface area contributed by atoms with E-state index >= 15 is 0 Å². The van der Waals surface area contributed by atoms with Crippen LogP contribution in [0.15, 0.2) is 15.0 Å². The Morgan fingerprint density at radius 3 is 2.47 bits per heavy atom. The van der Waals surface area contributed by atoms with Crippen LogP contribution in [0.3, 0.4) is 0 Å². The van der Waals surface area contributed by atoms with Crippen LogP contribution in [-0.2, 0) is 4.79 Å². The number of aliphatic carboxylic acids is 1. The Balaban J connectivity index is 3.60. The van der Waals surface area contributed by atoms with Gasteiger partial charge in [0.15, 0.2) is 0 Å². The van der Waals surface area contributed by atoms with Crippen LogP contribution in [0.1, 0.15) is 18.4 Å². The number of hydrogen-bond acceptors (Lipinski definition) is 4. The summed E-state index contributed by atoms with van der Waals surface area (Å²) in [7, 11) is 0. The van der Waals surface area contributed by atoms with Gasteiger partial charge in [0.25, 0.3) is 5.69 Å². The molecule has 0 bridgehead atoms. The molecule has 17 heavy (non-hydrogen) atoms. The summed E-state index contributed by atoms with van der Waals surface area (Å²) < 4.78 is 0.130. The average Bonchev–Trinajstić information content (AvgIpc) is 2.24. The van der Waals surface area contributed by atoms with Crippen molar-refractivity contribution in [3.05, 3.63) is 30.7 Å². The van der Waals surface area contributed by atoms with Crippen LogP contribution in [0.4, 0.5) is 5.69 Å². The van der Waals surface area contributed by atoms with Crippen molar-refractivity contribution in [3.8, 4) is 5.75 Å². The van der Waals surface area contributed by atoms with Gasteiger partial charge in [-0.25, -0.2) is 0 Å². The van der Waals surface area contributed by atoms with Gasteiger partial charge in [-0.1, -0.05) is 0 Å². The third-order valence-corrected chi connectivity index (χ3v) is 3.62. The Kier molecular flexibility index (Phi) is 4.10. The number of benzene rings is 1. The number of phenols is 1. The summed E-state index contributed by atoms with van der Waals surface area (Å²) in [6, 6.07) is 1.08. The number of carbonyl (C=O) groups is 1. The lowest BCUT2D eigenvalue weighted by Gasteiger charge is -2.12. The fourth-order valence-corrected chi connectivity index (χ4v) is 2.74. The van der Waals surface area contributed by atoms with Crippen molar-refractivity contribution in [1.82, 2.24) is 0 Å². The molecule has 1 aromatic carbocycles. The zero-order valence-electron chi connectivity index (χ0n) is 8.48. The molecule has 0 fully saturated rings. The van der Waals surface area contributed by atoms with Crippen LogP contribution < -0.4 is 0 Å². The van der Waals surface area contributed by atoms with Crippen molar-refractivity contribution in [2.75, 3.05) is 0 Å². The Labute approximate surface area is 113 Å². The number of nitro groups is 1. The molecule has 2 N–H and O–H groups in total. The molecule has 0 spiro atoms. The Bertz CT molecular complexity index is 503. The van der Waals surface area contributed by atoms with Crippen LogP contribution in [-0.4, -0.2) is 21.1 Å². The smallest absolute Gasteiger partial charge is 0.311 e. The molecule has 92 valence electrons. The minimum absolute atomic E-state index is 0.00785. The predicted octanol–water partition coefficient (Wildman–Crippen LogP) is 3.01.